The molecule has 0 aliphatic heterocycles. The second kappa shape index (κ2) is 13.7. The van der Waals surface area contributed by atoms with Crippen LogP contribution in [0, 0.1) is 0 Å². The van der Waals surface area contributed by atoms with Crippen molar-refractivity contribution in [2.45, 2.75) is 25.9 Å². The molecule has 0 unspecified atom stereocenters. The van der Waals surface area contributed by atoms with Crippen LogP contribution in [0.3, 0.4) is 0 Å². The van der Waals surface area contributed by atoms with Crippen LogP contribution in [0.1, 0.15) is 24.2 Å². The van der Waals surface area contributed by atoms with Gasteiger partial charge in [-0.25, -0.2) is 0 Å². The maximum absolute atomic E-state index is 5.55. The summed E-state index contributed by atoms with van der Waals surface area (Å²) in [5.41, 5.74) is 1.37. The Labute approximate surface area is 167 Å². The molecule has 0 aliphatic rings. The van der Waals surface area contributed by atoms with E-state index in [0.717, 1.165) is 44.1 Å². The van der Waals surface area contributed by atoms with Gasteiger partial charge in [0.1, 0.15) is 12.4 Å². The average molecular weight is 457 g/mol. The van der Waals surface area contributed by atoms with Crippen molar-refractivity contribution < 1.29 is 9.15 Å². The minimum Gasteiger partial charge on any atom is -0.467 e. The summed E-state index contributed by atoms with van der Waals surface area (Å²) >= 11 is 0. The Morgan fingerprint density at radius 3 is 2.48 bits per heavy atom. The van der Waals surface area contributed by atoms with Crippen LogP contribution >= 0.6 is 24.0 Å². The molecule has 0 aliphatic carbocycles. The zero-order valence-electron chi connectivity index (χ0n) is 14.7. The molecule has 0 radical (unpaired) electrons. The van der Waals surface area contributed by atoms with Crippen LogP contribution in [0.15, 0.2) is 58.1 Å². The number of hydrogen-bond acceptors (Lipinski definition) is 3. The lowest BCUT2D eigenvalue weighted by Gasteiger charge is -2.11. The third-order valence-electron chi connectivity index (χ3n) is 3.58. The van der Waals surface area contributed by atoms with E-state index >= 15 is 0 Å². The molecule has 2 rings (SSSR count). The molecule has 0 fully saturated rings. The van der Waals surface area contributed by atoms with Gasteiger partial charge in [0.25, 0.3) is 0 Å². The van der Waals surface area contributed by atoms with Crippen molar-refractivity contribution in [1.29, 1.82) is 0 Å². The number of furan rings is 1. The van der Waals surface area contributed by atoms with E-state index < -0.39 is 0 Å². The van der Waals surface area contributed by atoms with Gasteiger partial charge >= 0.3 is 0 Å². The van der Waals surface area contributed by atoms with Gasteiger partial charge in [-0.2, -0.15) is 0 Å². The first-order valence-corrected chi connectivity index (χ1v) is 8.47. The molecular weight excluding hydrogens is 429 g/mol. The van der Waals surface area contributed by atoms with Gasteiger partial charge in [0.2, 0.25) is 0 Å². The van der Waals surface area contributed by atoms with Gasteiger partial charge in [0, 0.05) is 26.7 Å². The molecule has 0 saturated heterocycles. The van der Waals surface area contributed by atoms with E-state index in [1.54, 1.807) is 13.3 Å². The van der Waals surface area contributed by atoms with Gasteiger partial charge in [0.05, 0.1) is 6.26 Å². The summed E-state index contributed by atoms with van der Waals surface area (Å²) in [6, 6.07) is 14.3. The van der Waals surface area contributed by atoms with Crippen LogP contribution in [0.5, 0.6) is 0 Å². The smallest absolute Gasteiger partial charge is 0.190 e. The zero-order chi connectivity index (χ0) is 16.9. The van der Waals surface area contributed by atoms with Crippen LogP contribution in [0.4, 0.5) is 0 Å². The van der Waals surface area contributed by atoms with Crippen molar-refractivity contribution in [2.24, 2.45) is 4.99 Å². The highest BCUT2D eigenvalue weighted by Crippen LogP contribution is 2.02. The van der Waals surface area contributed by atoms with E-state index in [-0.39, 0.29) is 24.0 Å². The molecule has 0 bridgehead atoms. The highest BCUT2D eigenvalue weighted by Gasteiger charge is 1.98. The van der Waals surface area contributed by atoms with Gasteiger partial charge in [-0.15, -0.1) is 24.0 Å². The normalized spacial score (nSPS) is 11.0. The topological polar surface area (TPSA) is 58.8 Å². The Morgan fingerprint density at radius 1 is 1.04 bits per heavy atom. The van der Waals surface area contributed by atoms with Crippen molar-refractivity contribution in [1.82, 2.24) is 10.6 Å². The number of halogens is 1. The first-order valence-electron chi connectivity index (χ1n) is 8.47. The fraction of sp³-hybridized carbons (Fsp3) is 0.421. The number of aryl methyl sites for hydroxylation is 1. The predicted octanol–water partition coefficient (Wildman–Crippen LogP) is 3.60. The maximum Gasteiger partial charge on any atom is 0.190 e. The maximum atomic E-state index is 5.55. The van der Waals surface area contributed by atoms with Crippen molar-refractivity contribution >= 4 is 29.9 Å². The van der Waals surface area contributed by atoms with E-state index in [9.17, 15) is 0 Å². The number of guanidine groups is 1. The molecule has 2 N–H and O–H groups in total. The molecule has 5 nitrogen and oxygen atoms in total. The SMILES string of the molecule is CN=C(NCCCOCc1ccco1)NCCCc1ccccc1.I. The molecule has 0 saturated carbocycles. The Hall–Kier alpha value is -1.54. The third-order valence-corrected chi connectivity index (χ3v) is 3.58. The number of rotatable bonds is 10. The van der Waals surface area contributed by atoms with Gasteiger partial charge in [-0.05, 0) is 37.0 Å². The molecule has 1 aromatic heterocycles. The lowest BCUT2D eigenvalue weighted by atomic mass is 10.1. The van der Waals surface area contributed by atoms with E-state index in [1.165, 1.54) is 5.56 Å². The molecule has 0 spiro atoms. The first-order chi connectivity index (χ1) is 11.9. The summed E-state index contributed by atoms with van der Waals surface area (Å²) in [6.07, 6.45) is 4.74. The van der Waals surface area contributed by atoms with E-state index in [1.807, 2.05) is 18.2 Å². The fourth-order valence-electron chi connectivity index (χ4n) is 2.31. The van der Waals surface area contributed by atoms with Crippen LogP contribution < -0.4 is 10.6 Å². The Balaban J connectivity index is 0.00000312. The molecule has 6 heteroatoms. The summed E-state index contributed by atoms with van der Waals surface area (Å²) in [4.78, 5) is 4.23. The summed E-state index contributed by atoms with van der Waals surface area (Å²) < 4.78 is 10.8. The lowest BCUT2D eigenvalue weighted by molar-refractivity contribution is 0.105. The third kappa shape index (κ3) is 9.50. The number of nitrogens with one attached hydrogen (secondary N) is 2. The van der Waals surface area contributed by atoms with Gasteiger partial charge in [-0.3, -0.25) is 4.99 Å². The molecule has 2 aromatic rings. The molecule has 1 aromatic carbocycles. The summed E-state index contributed by atoms with van der Waals surface area (Å²) in [5.74, 6) is 1.70. The van der Waals surface area contributed by atoms with Crippen LogP contribution in [0.25, 0.3) is 0 Å². The van der Waals surface area contributed by atoms with Gasteiger partial charge in [-0.1, -0.05) is 30.3 Å². The largest absolute Gasteiger partial charge is 0.467 e. The Kier molecular flexibility index (Phi) is 11.8. The molecule has 25 heavy (non-hydrogen) atoms. The average Bonchev–Trinajstić information content (AvgIpc) is 3.14. The van der Waals surface area contributed by atoms with Gasteiger partial charge < -0.3 is 19.8 Å². The molecule has 138 valence electrons. The van der Waals surface area contributed by atoms with Crippen molar-refractivity contribution in [3.8, 4) is 0 Å². The van der Waals surface area contributed by atoms with Crippen LogP contribution in [-0.4, -0.2) is 32.7 Å². The summed E-state index contributed by atoms with van der Waals surface area (Å²) in [6.45, 7) is 2.96. The molecule has 0 amide bonds. The van der Waals surface area contributed by atoms with Crippen molar-refractivity contribution in [2.75, 3.05) is 26.7 Å². The number of ether oxygens (including phenoxy) is 1. The van der Waals surface area contributed by atoms with Crippen molar-refractivity contribution in [3.63, 3.8) is 0 Å². The number of hydrogen-bond donors (Lipinski definition) is 2. The van der Waals surface area contributed by atoms with Crippen LogP contribution in [0.2, 0.25) is 0 Å². The fourth-order valence-corrected chi connectivity index (χ4v) is 2.31. The highest BCUT2D eigenvalue weighted by molar-refractivity contribution is 14.0. The Bertz CT molecular complexity index is 574. The molecule has 1 heterocycles. The van der Waals surface area contributed by atoms with Gasteiger partial charge in [0.15, 0.2) is 5.96 Å². The first kappa shape index (κ1) is 21.5. The number of aliphatic imine (C=N–C) groups is 1. The minimum absolute atomic E-state index is 0. The van der Waals surface area contributed by atoms with E-state index in [0.29, 0.717) is 13.2 Å². The van der Waals surface area contributed by atoms with E-state index in [2.05, 4.69) is 39.9 Å². The van der Waals surface area contributed by atoms with Crippen LogP contribution in [-0.2, 0) is 17.8 Å². The minimum atomic E-state index is 0. The summed E-state index contributed by atoms with van der Waals surface area (Å²) in [5, 5.41) is 6.63. The Morgan fingerprint density at radius 2 is 1.80 bits per heavy atom. The second-order valence-corrected chi connectivity index (χ2v) is 5.50. The lowest BCUT2D eigenvalue weighted by Crippen LogP contribution is -2.38. The standard InChI is InChI=1S/C19H27N3O2.HI/c1-20-19(21-12-5-10-17-8-3-2-4-9-17)22-13-7-14-23-16-18-11-6-15-24-18;/h2-4,6,8-9,11,15H,5,7,10,12-14,16H2,1H3,(H2,20,21,22);1H. The van der Waals surface area contributed by atoms with E-state index in [4.69, 9.17) is 9.15 Å². The summed E-state index contributed by atoms with van der Waals surface area (Å²) in [7, 11) is 1.79. The molecular formula is C19H28IN3O2. The quantitative estimate of drug-likeness (QED) is 0.248. The highest BCUT2D eigenvalue weighted by atomic mass is 127. The zero-order valence-corrected chi connectivity index (χ0v) is 17.1. The predicted molar refractivity (Wildman–Crippen MR) is 113 cm³/mol. The molecule has 0 atom stereocenters. The second-order valence-electron chi connectivity index (χ2n) is 5.50. The monoisotopic (exact) mass is 457 g/mol. The van der Waals surface area contributed by atoms with Crippen molar-refractivity contribution in [3.05, 3.63) is 60.1 Å². The number of nitrogens with zero attached hydrogens (tertiary/aromatic N) is 1. The number of benzene rings is 1.